The van der Waals surface area contributed by atoms with Crippen LogP contribution in [0.5, 0.6) is 5.75 Å². The minimum Gasteiger partial charge on any atom is -0.496 e. The van der Waals surface area contributed by atoms with Crippen molar-refractivity contribution in [2.75, 3.05) is 7.11 Å². The van der Waals surface area contributed by atoms with Gasteiger partial charge in [0.05, 0.1) is 12.7 Å². The molecule has 0 aliphatic rings. The minimum absolute atomic E-state index is 0.486. The first-order chi connectivity index (χ1) is 7.20. The maximum Gasteiger partial charge on any atom is 0.278 e. The lowest BCUT2D eigenvalue weighted by molar-refractivity contribution is 0.413. The molecule has 1 heterocycles. The molecule has 0 amide bonds. The zero-order valence-electron chi connectivity index (χ0n) is 8.32. The summed E-state index contributed by atoms with van der Waals surface area (Å²) in [5.41, 5.74) is 1.95. The third-order valence-corrected chi connectivity index (χ3v) is 2.42. The second-order valence-electron chi connectivity index (χ2n) is 3.06. The van der Waals surface area contributed by atoms with E-state index in [0.29, 0.717) is 9.79 Å². The van der Waals surface area contributed by atoms with Gasteiger partial charge in [0.15, 0.2) is 0 Å². The normalized spacial score (nSPS) is 10.3. The van der Waals surface area contributed by atoms with Crippen LogP contribution in [0.15, 0.2) is 22.6 Å². The van der Waals surface area contributed by atoms with Crippen molar-refractivity contribution in [3.05, 3.63) is 27.7 Å². The van der Waals surface area contributed by atoms with E-state index in [9.17, 15) is 0 Å². The second kappa shape index (κ2) is 4.18. The molecule has 1 aromatic heterocycles. The summed E-state index contributed by atoms with van der Waals surface area (Å²) in [6.45, 7) is 2.00. The monoisotopic (exact) mass is 316 g/mol. The largest absolute Gasteiger partial charge is 0.496 e. The van der Waals surface area contributed by atoms with Gasteiger partial charge in [-0.05, 0) is 19.1 Å². The Morgan fingerprint density at radius 2 is 2.13 bits per heavy atom. The van der Waals surface area contributed by atoms with Crippen LogP contribution in [0.3, 0.4) is 0 Å². The fraction of sp³-hybridized carbons (Fsp3) is 0.200. The number of nitrogens with zero attached hydrogens (tertiary/aromatic N) is 2. The smallest absolute Gasteiger partial charge is 0.278 e. The number of aryl methyl sites for hydroxylation is 1. The summed E-state index contributed by atoms with van der Waals surface area (Å²) in [6, 6.07) is 5.83. The van der Waals surface area contributed by atoms with E-state index in [1.165, 1.54) is 0 Å². The van der Waals surface area contributed by atoms with Crippen molar-refractivity contribution in [3.63, 3.8) is 0 Å². The highest BCUT2D eigenvalue weighted by Gasteiger charge is 2.12. The highest BCUT2D eigenvalue weighted by molar-refractivity contribution is 14.1. The summed E-state index contributed by atoms with van der Waals surface area (Å²) in [5.74, 6) is 1.22. The molecule has 0 saturated carbocycles. The number of rotatable bonds is 2. The van der Waals surface area contributed by atoms with Crippen LogP contribution in [-0.2, 0) is 0 Å². The SMILES string of the molecule is COc1ccc(C)cc1-c1nnc(I)o1. The number of hydrogen-bond donors (Lipinski definition) is 0. The summed E-state index contributed by atoms with van der Waals surface area (Å²) in [4.78, 5) is 0. The molecule has 0 spiro atoms. The molecule has 0 atom stereocenters. The third kappa shape index (κ3) is 2.11. The molecule has 0 N–H and O–H groups in total. The molecule has 0 aliphatic carbocycles. The first kappa shape index (κ1) is 10.4. The topological polar surface area (TPSA) is 48.2 Å². The maximum absolute atomic E-state index is 5.35. The van der Waals surface area contributed by atoms with Crippen LogP contribution in [0.4, 0.5) is 0 Å². The Labute approximate surface area is 101 Å². The number of methoxy groups -OCH3 is 1. The quantitative estimate of drug-likeness (QED) is 0.799. The van der Waals surface area contributed by atoms with E-state index in [1.807, 2.05) is 47.7 Å². The minimum atomic E-state index is 0.486. The average Bonchev–Trinajstić information content (AvgIpc) is 2.65. The second-order valence-corrected chi connectivity index (χ2v) is 3.99. The van der Waals surface area contributed by atoms with Crippen molar-refractivity contribution in [3.8, 4) is 17.2 Å². The molecule has 0 unspecified atom stereocenters. The lowest BCUT2D eigenvalue weighted by Crippen LogP contribution is -1.88. The molecule has 5 heteroatoms. The Bertz CT molecular complexity index is 482. The van der Waals surface area contributed by atoms with Crippen molar-refractivity contribution in [1.29, 1.82) is 0 Å². The summed E-state index contributed by atoms with van der Waals surface area (Å²) >= 11 is 1.98. The predicted molar refractivity (Wildman–Crippen MR) is 63.7 cm³/mol. The van der Waals surface area contributed by atoms with Gasteiger partial charge in [-0.15, -0.1) is 10.2 Å². The van der Waals surface area contributed by atoms with E-state index in [0.717, 1.165) is 16.9 Å². The summed E-state index contributed by atoms with van der Waals surface area (Å²) < 4.78 is 11.1. The lowest BCUT2D eigenvalue weighted by atomic mass is 10.1. The molecule has 0 bridgehead atoms. The molecule has 1 aromatic carbocycles. The molecule has 2 aromatic rings. The Kier molecular flexibility index (Phi) is 2.90. The zero-order valence-corrected chi connectivity index (χ0v) is 10.5. The molecular formula is C10H9IN2O2. The Morgan fingerprint density at radius 3 is 2.73 bits per heavy atom. The van der Waals surface area contributed by atoms with Gasteiger partial charge in [-0.1, -0.05) is 11.6 Å². The summed E-state index contributed by atoms with van der Waals surface area (Å²) in [7, 11) is 1.62. The van der Waals surface area contributed by atoms with E-state index < -0.39 is 0 Å². The van der Waals surface area contributed by atoms with Crippen molar-refractivity contribution in [1.82, 2.24) is 10.2 Å². The summed E-state index contributed by atoms with van der Waals surface area (Å²) in [6.07, 6.45) is 0. The van der Waals surface area contributed by atoms with E-state index >= 15 is 0 Å². The first-order valence-electron chi connectivity index (χ1n) is 4.34. The van der Waals surface area contributed by atoms with E-state index in [4.69, 9.17) is 9.15 Å². The van der Waals surface area contributed by atoms with Gasteiger partial charge < -0.3 is 9.15 Å². The van der Waals surface area contributed by atoms with Gasteiger partial charge in [0.2, 0.25) is 0 Å². The van der Waals surface area contributed by atoms with Crippen LogP contribution in [0.1, 0.15) is 5.56 Å². The molecule has 0 radical (unpaired) electrons. The summed E-state index contributed by atoms with van der Waals surface area (Å²) in [5, 5.41) is 7.74. The van der Waals surface area contributed by atoms with E-state index in [-0.39, 0.29) is 0 Å². The Hall–Kier alpha value is -1.11. The van der Waals surface area contributed by atoms with Crippen molar-refractivity contribution < 1.29 is 9.15 Å². The number of halogens is 1. The predicted octanol–water partition coefficient (Wildman–Crippen LogP) is 2.66. The van der Waals surface area contributed by atoms with Gasteiger partial charge in [-0.2, -0.15) is 0 Å². The van der Waals surface area contributed by atoms with Crippen molar-refractivity contribution in [2.24, 2.45) is 0 Å². The van der Waals surface area contributed by atoms with Gasteiger partial charge in [-0.3, -0.25) is 0 Å². The number of aromatic nitrogens is 2. The molecular weight excluding hydrogens is 307 g/mol. The number of benzene rings is 1. The van der Waals surface area contributed by atoms with Crippen molar-refractivity contribution in [2.45, 2.75) is 6.92 Å². The Morgan fingerprint density at radius 1 is 1.33 bits per heavy atom. The molecule has 0 saturated heterocycles. The van der Waals surface area contributed by atoms with Crippen LogP contribution >= 0.6 is 22.6 Å². The third-order valence-electron chi connectivity index (χ3n) is 1.99. The van der Waals surface area contributed by atoms with Gasteiger partial charge in [0.1, 0.15) is 5.75 Å². The molecule has 4 nitrogen and oxygen atoms in total. The molecule has 0 aliphatic heterocycles. The molecule has 15 heavy (non-hydrogen) atoms. The molecule has 2 rings (SSSR count). The molecule has 78 valence electrons. The van der Waals surface area contributed by atoms with Crippen LogP contribution in [-0.4, -0.2) is 17.3 Å². The Balaban J connectivity index is 2.55. The van der Waals surface area contributed by atoms with Gasteiger partial charge >= 0.3 is 0 Å². The standard InChI is InChI=1S/C10H9IN2O2/c1-6-3-4-8(14-2)7(5-6)9-12-13-10(11)15-9/h3-5H,1-2H3. The highest BCUT2D eigenvalue weighted by Crippen LogP contribution is 2.29. The van der Waals surface area contributed by atoms with Crippen LogP contribution in [0, 0.1) is 10.8 Å². The van der Waals surface area contributed by atoms with Crippen LogP contribution in [0.25, 0.3) is 11.5 Å². The fourth-order valence-corrected chi connectivity index (χ4v) is 1.62. The highest BCUT2D eigenvalue weighted by atomic mass is 127. The van der Waals surface area contributed by atoms with Crippen molar-refractivity contribution >= 4 is 22.6 Å². The zero-order chi connectivity index (χ0) is 10.8. The lowest BCUT2D eigenvalue weighted by Gasteiger charge is -2.05. The first-order valence-corrected chi connectivity index (χ1v) is 5.42. The van der Waals surface area contributed by atoms with E-state index in [2.05, 4.69) is 10.2 Å². The fourth-order valence-electron chi connectivity index (χ4n) is 1.30. The van der Waals surface area contributed by atoms with Gasteiger partial charge in [-0.25, -0.2) is 0 Å². The molecule has 0 fully saturated rings. The van der Waals surface area contributed by atoms with Crippen LogP contribution < -0.4 is 4.74 Å². The van der Waals surface area contributed by atoms with Gasteiger partial charge in [0, 0.05) is 22.6 Å². The average molecular weight is 316 g/mol. The van der Waals surface area contributed by atoms with Crippen LogP contribution in [0.2, 0.25) is 0 Å². The number of ether oxygens (including phenoxy) is 1. The number of hydrogen-bond acceptors (Lipinski definition) is 4. The maximum atomic E-state index is 5.35. The van der Waals surface area contributed by atoms with E-state index in [1.54, 1.807) is 7.11 Å². The van der Waals surface area contributed by atoms with Gasteiger partial charge in [0.25, 0.3) is 9.79 Å².